The zero-order chi connectivity index (χ0) is 18.0. The quantitative estimate of drug-likeness (QED) is 0.717. The van der Waals surface area contributed by atoms with Crippen molar-refractivity contribution in [1.82, 2.24) is 19.5 Å². The molecule has 3 aromatic rings. The van der Waals surface area contributed by atoms with E-state index in [4.69, 9.17) is 23.2 Å². The van der Waals surface area contributed by atoms with Crippen molar-refractivity contribution in [2.24, 2.45) is 7.05 Å². The molecule has 0 aliphatic carbocycles. The number of aromatic nitrogens is 3. The van der Waals surface area contributed by atoms with E-state index in [0.29, 0.717) is 5.56 Å². The van der Waals surface area contributed by atoms with Crippen LogP contribution in [0.4, 0.5) is 0 Å². The summed E-state index contributed by atoms with van der Waals surface area (Å²) < 4.78 is 29.0. The average Bonchev–Trinajstić information content (AvgIpc) is 3.00. The summed E-state index contributed by atoms with van der Waals surface area (Å²) in [6.45, 7) is 0.0736. The topological polar surface area (TPSA) is 76.9 Å². The summed E-state index contributed by atoms with van der Waals surface area (Å²) in [6, 6.07) is 8.15. The SMILES string of the molecule is Cn1cc(-c2ccc(CNS(=O)(=O)c3c(Cl)cccc3Cl)cn2)cn1. The predicted molar refractivity (Wildman–Crippen MR) is 96.9 cm³/mol. The first-order valence-electron chi connectivity index (χ1n) is 7.24. The maximum atomic E-state index is 12.4. The van der Waals surface area contributed by atoms with Gasteiger partial charge in [-0.3, -0.25) is 9.67 Å². The van der Waals surface area contributed by atoms with Gasteiger partial charge in [0.25, 0.3) is 0 Å². The lowest BCUT2D eigenvalue weighted by atomic mass is 10.2. The maximum absolute atomic E-state index is 12.4. The van der Waals surface area contributed by atoms with Crippen molar-refractivity contribution >= 4 is 33.2 Å². The molecule has 0 atom stereocenters. The van der Waals surface area contributed by atoms with Crippen molar-refractivity contribution in [3.05, 3.63) is 64.5 Å². The lowest BCUT2D eigenvalue weighted by Gasteiger charge is -2.10. The molecule has 2 aromatic heterocycles. The monoisotopic (exact) mass is 396 g/mol. The highest BCUT2D eigenvalue weighted by molar-refractivity contribution is 7.89. The molecule has 0 unspecified atom stereocenters. The lowest BCUT2D eigenvalue weighted by molar-refractivity contribution is 0.581. The van der Waals surface area contributed by atoms with E-state index in [1.807, 2.05) is 19.3 Å². The number of rotatable bonds is 5. The molecular formula is C16H14Cl2N4O2S. The molecule has 0 aliphatic rings. The van der Waals surface area contributed by atoms with Gasteiger partial charge in [-0.25, -0.2) is 13.1 Å². The van der Waals surface area contributed by atoms with Crippen LogP contribution in [0.3, 0.4) is 0 Å². The number of hydrogen-bond acceptors (Lipinski definition) is 4. The summed E-state index contributed by atoms with van der Waals surface area (Å²) in [5.41, 5.74) is 2.35. The van der Waals surface area contributed by atoms with E-state index >= 15 is 0 Å². The Hall–Kier alpha value is -1.93. The largest absolute Gasteiger partial charge is 0.275 e. The van der Waals surface area contributed by atoms with Crippen molar-refractivity contribution in [1.29, 1.82) is 0 Å². The molecule has 0 saturated heterocycles. The Morgan fingerprint density at radius 3 is 2.40 bits per heavy atom. The third-order valence-corrected chi connectivity index (χ3v) is 5.84. The number of pyridine rings is 1. The predicted octanol–water partition coefficient (Wildman–Crippen LogP) is 3.27. The number of halogens is 2. The molecule has 130 valence electrons. The van der Waals surface area contributed by atoms with Crippen LogP contribution in [0, 0.1) is 0 Å². The maximum Gasteiger partial charge on any atom is 0.243 e. The van der Waals surface area contributed by atoms with E-state index in [1.165, 1.54) is 12.1 Å². The standard InChI is InChI=1S/C16H14Cl2N4O2S/c1-22-10-12(9-20-22)15-6-5-11(7-19-15)8-21-25(23,24)16-13(17)3-2-4-14(16)18/h2-7,9-10,21H,8H2,1H3. The Balaban J connectivity index is 1.75. The fourth-order valence-electron chi connectivity index (χ4n) is 2.24. The van der Waals surface area contributed by atoms with E-state index in [-0.39, 0.29) is 21.5 Å². The third-order valence-electron chi connectivity index (χ3n) is 3.48. The molecule has 0 bridgehead atoms. The summed E-state index contributed by atoms with van der Waals surface area (Å²) in [5.74, 6) is 0. The molecule has 0 aliphatic heterocycles. The highest BCUT2D eigenvalue weighted by Crippen LogP contribution is 2.28. The van der Waals surface area contributed by atoms with Gasteiger partial charge in [0.15, 0.2) is 0 Å². The second-order valence-corrected chi connectivity index (χ2v) is 7.85. The van der Waals surface area contributed by atoms with Crippen LogP contribution in [-0.4, -0.2) is 23.2 Å². The highest BCUT2D eigenvalue weighted by Gasteiger charge is 2.21. The van der Waals surface area contributed by atoms with Crippen LogP contribution in [0.25, 0.3) is 11.3 Å². The lowest BCUT2D eigenvalue weighted by Crippen LogP contribution is -2.24. The summed E-state index contributed by atoms with van der Waals surface area (Å²) in [6.07, 6.45) is 5.17. The summed E-state index contributed by atoms with van der Waals surface area (Å²) in [7, 11) is -2.01. The van der Waals surface area contributed by atoms with Gasteiger partial charge in [-0.1, -0.05) is 35.3 Å². The molecular weight excluding hydrogens is 383 g/mol. The summed E-state index contributed by atoms with van der Waals surface area (Å²) >= 11 is 11.9. The van der Waals surface area contributed by atoms with Crippen molar-refractivity contribution < 1.29 is 8.42 Å². The van der Waals surface area contributed by atoms with Crippen LogP contribution in [0.5, 0.6) is 0 Å². The zero-order valence-electron chi connectivity index (χ0n) is 13.1. The molecule has 25 heavy (non-hydrogen) atoms. The second-order valence-electron chi connectivity index (χ2n) is 5.33. The van der Waals surface area contributed by atoms with Crippen molar-refractivity contribution in [3.63, 3.8) is 0 Å². The molecule has 3 rings (SSSR count). The van der Waals surface area contributed by atoms with Gasteiger partial charge in [-0.15, -0.1) is 0 Å². The van der Waals surface area contributed by atoms with E-state index < -0.39 is 10.0 Å². The van der Waals surface area contributed by atoms with Gasteiger partial charge in [0.1, 0.15) is 4.90 Å². The third kappa shape index (κ3) is 4.01. The van der Waals surface area contributed by atoms with Crippen LogP contribution in [0.2, 0.25) is 10.0 Å². The van der Waals surface area contributed by atoms with Crippen LogP contribution in [0.1, 0.15) is 5.56 Å². The number of hydrogen-bond donors (Lipinski definition) is 1. The molecule has 0 amide bonds. The van der Waals surface area contributed by atoms with Crippen molar-refractivity contribution in [2.75, 3.05) is 0 Å². The fourth-order valence-corrected chi connectivity index (χ4v) is 4.40. The molecule has 9 heteroatoms. The van der Waals surface area contributed by atoms with Gasteiger partial charge >= 0.3 is 0 Å². The van der Waals surface area contributed by atoms with Gasteiger partial charge in [-0.2, -0.15) is 5.10 Å². The second kappa shape index (κ2) is 7.13. The van der Waals surface area contributed by atoms with Gasteiger partial charge in [0, 0.05) is 31.5 Å². The number of nitrogens with one attached hydrogen (secondary N) is 1. The minimum Gasteiger partial charge on any atom is -0.275 e. The van der Waals surface area contributed by atoms with E-state index in [1.54, 1.807) is 29.2 Å². The Morgan fingerprint density at radius 2 is 1.84 bits per heavy atom. The smallest absolute Gasteiger partial charge is 0.243 e. The molecule has 2 heterocycles. The summed E-state index contributed by atoms with van der Waals surface area (Å²) in [4.78, 5) is 4.20. The first-order chi connectivity index (χ1) is 11.9. The number of aryl methyl sites for hydroxylation is 1. The summed E-state index contributed by atoms with van der Waals surface area (Å²) in [5, 5.41) is 4.24. The van der Waals surface area contributed by atoms with Crippen LogP contribution >= 0.6 is 23.2 Å². The van der Waals surface area contributed by atoms with Crippen LogP contribution in [0.15, 0.2) is 53.8 Å². The first kappa shape index (κ1) is 17.9. The Kier molecular flexibility index (Phi) is 5.10. The molecule has 0 radical (unpaired) electrons. The first-order valence-corrected chi connectivity index (χ1v) is 9.48. The Morgan fingerprint density at radius 1 is 1.12 bits per heavy atom. The molecule has 0 spiro atoms. The normalized spacial score (nSPS) is 11.6. The number of nitrogens with zero attached hydrogens (tertiary/aromatic N) is 3. The molecule has 1 N–H and O–H groups in total. The van der Waals surface area contributed by atoms with Crippen LogP contribution in [-0.2, 0) is 23.6 Å². The molecule has 0 saturated carbocycles. The molecule has 1 aromatic carbocycles. The van der Waals surface area contributed by atoms with E-state index in [2.05, 4.69) is 14.8 Å². The fraction of sp³-hybridized carbons (Fsp3) is 0.125. The zero-order valence-corrected chi connectivity index (χ0v) is 15.5. The van der Waals surface area contributed by atoms with Gasteiger partial charge in [-0.05, 0) is 23.8 Å². The number of sulfonamides is 1. The van der Waals surface area contributed by atoms with Crippen molar-refractivity contribution in [3.8, 4) is 11.3 Å². The highest BCUT2D eigenvalue weighted by atomic mass is 35.5. The minimum absolute atomic E-state index is 0.0736. The minimum atomic E-state index is -3.83. The van der Waals surface area contributed by atoms with Gasteiger partial charge < -0.3 is 0 Å². The number of benzene rings is 1. The van der Waals surface area contributed by atoms with Crippen LogP contribution < -0.4 is 4.72 Å². The Bertz CT molecular complexity index is 981. The van der Waals surface area contributed by atoms with Crippen molar-refractivity contribution in [2.45, 2.75) is 11.4 Å². The van der Waals surface area contributed by atoms with E-state index in [0.717, 1.165) is 11.3 Å². The Labute approximate surface area is 155 Å². The van der Waals surface area contributed by atoms with Gasteiger partial charge in [0.2, 0.25) is 10.0 Å². The van der Waals surface area contributed by atoms with E-state index in [9.17, 15) is 8.42 Å². The molecule has 6 nitrogen and oxygen atoms in total. The van der Waals surface area contributed by atoms with Gasteiger partial charge in [0.05, 0.1) is 21.9 Å². The average molecular weight is 397 g/mol. The molecule has 0 fully saturated rings.